The van der Waals surface area contributed by atoms with Crippen LogP contribution in [0, 0.1) is 11.8 Å². The fourth-order valence-electron chi connectivity index (χ4n) is 9.51. The third kappa shape index (κ3) is 8.60. The lowest BCUT2D eigenvalue weighted by molar-refractivity contribution is -0.137. The van der Waals surface area contributed by atoms with E-state index in [1.807, 2.05) is 66.7 Å². The van der Waals surface area contributed by atoms with Crippen molar-refractivity contribution in [2.75, 3.05) is 27.3 Å². The highest BCUT2D eigenvalue weighted by Gasteiger charge is 2.50. The number of imidazole rings is 2. The summed E-state index contributed by atoms with van der Waals surface area (Å²) in [5.74, 6) is -3.78. The molecule has 0 bridgehead atoms. The molecule has 3 aliphatic rings. The van der Waals surface area contributed by atoms with Crippen molar-refractivity contribution in [2.45, 2.75) is 83.0 Å². The first-order valence-corrected chi connectivity index (χ1v) is 22.5. The number of H-pyrrole nitrogens is 2. The molecule has 0 spiro atoms. The number of hydrogen-bond acceptors (Lipinski definition) is 9. The second kappa shape index (κ2) is 18.1. The Kier molecular flexibility index (Phi) is 12.2. The minimum atomic E-state index is -3.18. The number of nitrogens with zero attached hydrogens (tertiary/aromatic N) is 5. The van der Waals surface area contributed by atoms with Gasteiger partial charge in [-0.25, -0.2) is 32.7 Å². The summed E-state index contributed by atoms with van der Waals surface area (Å²) in [6.07, 6.45) is -0.835. The predicted molar refractivity (Wildman–Crippen MR) is 244 cm³/mol. The van der Waals surface area contributed by atoms with Gasteiger partial charge in [0.15, 0.2) is 0 Å². The SMILES string of the molecule is COC(=O)N[C@H](C(=O)N1C[C@H](F)C[C@H]1c1ncc(-c2ccc3c(c2)cc2n3C(c3ccccc3)Oc3cc(-c4cnc([C@@H]5CC(F)(F)CN5C(=O)[C@@H](NC(=O)OC)C(C)C)[nH]4)ccc3-2)[nH]1)C(C)C. The number of ether oxygens (including phenoxy) is 3. The molecule has 2 saturated heterocycles. The molecule has 4 amide bonds. The highest BCUT2D eigenvalue weighted by molar-refractivity contribution is 5.93. The van der Waals surface area contributed by atoms with Crippen LogP contribution in [-0.4, -0.2) is 110 Å². The first-order chi connectivity index (χ1) is 32.5. The molecular formula is C49H52F3N9O7. The van der Waals surface area contributed by atoms with Gasteiger partial charge in [-0.2, -0.15) is 0 Å². The van der Waals surface area contributed by atoms with Crippen molar-refractivity contribution in [2.24, 2.45) is 11.8 Å². The summed E-state index contributed by atoms with van der Waals surface area (Å²) < 4.78 is 63.6. The molecule has 4 N–H and O–H groups in total. The Morgan fingerprint density at radius 1 is 0.779 bits per heavy atom. The lowest BCUT2D eigenvalue weighted by Crippen LogP contribution is -2.51. The van der Waals surface area contributed by atoms with Crippen molar-refractivity contribution < 1.29 is 46.6 Å². The quantitative estimate of drug-likeness (QED) is 0.0991. The van der Waals surface area contributed by atoms with Crippen molar-refractivity contribution >= 4 is 34.9 Å². The molecule has 3 aromatic carbocycles. The molecule has 1 unspecified atom stereocenters. The minimum Gasteiger partial charge on any atom is -0.465 e. The Morgan fingerprint density at radius 2 is 1.37 bits per heavy atom. The van der Waals surface area contributed by atoms with Crippen molar-refractivity contribution in [3.8, 4) is 39.5 Å². The molecule has 19 heteroatoms. The molecule has 2 fully saturated rings. The first kappa shape index (κ1) is 45.8. The van der Waals surface area contributed by atoms with Crippen LogP contribution in [0.4, 0.5) is 22.8 Å². The largest absolute Gasteiger partial charge is 0.465 e. The van der Waals surface area contributed by atoms with Crippen LogP contribution in [0.25, 0.3) is 44.7 Å². The lowest BCUT2D eigenvalue weighted by atomic mass is 10.0. The molecule has 6 aromatic rings. The van der Waals surface area contributed by atoms with E-state index in [0.717, 1.165) is 45.3 Å². The topological polar surface area (TPSA) is 189 Å². The van der Waals surface area contributed by atoms with Gasteiger partial charge in [0.05, 0.1) is 74.4 Å². The Balaban J connectivity index is 1.02. The van der Waals surface area contributed by atoms with Gasteiger partial charge in [-0.15, -0.1) is 0 Å². The van der Waals surface area contributed by atoms with Crippen LogP contribution in [0.3, 0.4) is 0 Å². The van der Waals surface area contributed by atoms with Crippen LogP contribution >= 0.6 is 0 Å². The molecule has 0 aliphatic carbocycles. The van der Waals surface area contributed by atoms with Crippen LogP contribution in [-0.2, 0) is 19.1 Å². The second-order valence-electron chi connectivity index (χ2n) is 18.2. The molecule has 3 aromatic heterocycles. The fourth-order valence-corrected chi connectivity index (χ4v) is 9.51. The normalized spacial score (nSPS) is 20.5. The maximum absolute atomic E-state index is 15.1. The van der Waals surface area contributed by atoms with Gasteiger partial charge in [0.2, 0.25) is 18.0 Å². The van der Waals surface area contributed by atoms with Gasteiger partial charge in [0, 0.05) is 40.5 Å². The van der Waals surface area contributed by atoms with Crippen LogP contribution < -0.4 is 15.4 Å². The summed E-state index contributed by atoms with van der Waals surface area (Å²) in [5.41, 5.74) is 6.15. The minimum absolute atomic E-state index is 0.0477. The second-order valence-corrected chi connectivity index (χ2v) is 18.2. The Hall–Kier alpha value is -7.31. The van der Waals surface area contributed by atoms with Crippen molar-refractivity contribution in [3.63, 3.8) is 0 Å². The monoisotopic (exact) mass is 935 g/mol. The zero-order valence-corrected chi connectivity index (χ0v) is 38.3. The van der Waals surface area contributed by atoms with Crippen molar-refractivity contribution in [3.05, 3.63) is 102 Å². The standard InChI is InChI=1S/C49H52F3N9O7/c1-25(2)40(57-47(64)66-5)44(62)59-23-31(50)19-37(59)42-53-21-33(55-42)28-13-15-35-30(16-28)17-36-32-14-12-29(18-39(32)68-46(61(35)36)27-10-8-7-9-11-27)34-22-54-43(56-34)38-20-49(51,52)24-60(38)45(63)41(26(3)4)58-48(65)67-6/h7-18,21-22,25-26,31,37-38,40-41,46H,19-20,23-24H2,1-6H3,(H,53,55)(H,54,56)(H,57,64)(H,58,65)/t31-,37+,38+,40+,41+,46?/m1/s1. The van der Waals surface area contributed by atoms with Gasteiger partial charge in [-0.05, 0) is 42.2 Å². The van der Waals surface area contributed by atoms with E-state index in [4.69, 9.17) is 14.2 Å². The van der Waals surface area contributed by atoms with Gasteiger partial charge in [-0.1, -0.05) is 70.2 Å². The highest BCUT2D eigenvalue weighted by atomic mass is 19.3. The zero-order valence-electron chi connectivity index (χ0n) is 38.3. The van der Waals surface area contributed by atoms with E-state index in [1.54, 1.807) is 40.1 Å². The number of amides is 4. The first-order valence-electron chi connectivity index (χ1n) is 22.5. The summed E-state index contributed by atoms with van der Waals surface area (Å²) in [4.78, 5) is 69.8. The molecule has 9 rings (SSSR count). The van der Waals surface area contributed by atoms with E-state index in [-0.39, 0.29) is 24.7 Å². The Bertz CT molecular complexity index is 2880. The maximum Gasteiger partial charge on any atom is 0.407 e. The van der Waals surface area contributed by atoms with Gasteiger partial charge in [-0.3, -0.25) is 9.59 Å². The average Bonchev–Trinajstić information content (AvgIpc) is 4.18. The lowest BCUT2D eigenvalue weighted by Gasteiger charge is -2.30. The Morgan fingerprint density at radius 3 is 1.99 bits per heavy atom. The number of rotatable bonds is 11. The number of carbonyl (C=O) groups is 4. The number of benzene rings is 3. The molecule has 0 radical (unpaired) electrons. The molecular weight excluding hydrogens is 884 g/mol. The number of aromatic nitrogens is 5. The van der Waals surface area contributed by atoms with Crippen LogP contribution in [0.2, 0.25) is 0 Å². The van der Waals surface area contributed by atoms with E-state index >= 15 is 13.2 Å². The maximum atomic E-state index is 15.1. The smallest absolute Gasteiger partial charge is 0.407 e. The summed E-state index contributed by atoms with van der Waals surface area (Å²) in [5, 5.41) is 5.98. The molecule has 0 saturated carbocycles. The summed E-state index contributed by atoms with van der Waals surface area (Å²) >= 11 is 0. The number of halogens is 3. The molecule has 68 heavy (non-hydrogen) atoms. The van der Waals surface area contributed by atoms with Crippen LogP contribution in [0.1, 0.15) is 76.1 Å². The summed E-state index contributed by atoms with van der Waals surface area (Å²) in [6.45, 7) is 6.04. The summed E-state index contributed by atoms with van der Waals surface area (Å²) in [6, 6.07) is 19.8. The summed E-state index contributed by atoms with van der Waals surface area (Å²) in [7, 11) is 2.38. The van der Waals surface area contributed by atoms with Crippen LogP contribution in [0.15, 0.2) is 85.2 Å². The number of methoxy groups -OCH3 is 2. The number of aromatic amines is 2. The Labute approximate surface area is 389 Å². The molecule has 6 heterocycles. The van der Waals surface area contributed by atoms with E-state index in [9.17, 15) is 19.2 Å². The number of carbonyl (C=O) groups excluding carboxylic acids is 4. The third-order valence-electron chi connectivity index (χ3n) is 13.0. The highest BCUT2D eigenvalue weighted by Crippen LogP contribution is 2.47. The predicted octanol–water partition coefficient (Wildman–Crippen LogP) is 8.31. The average molecular weight is 936 g/mol. The zero-order chi connectivity index (χ0) is 48.2. The number of likely N-dealkylation sites (tertiary alicyclic amines) is 2. The van der Waals surface area contributed by atoms with E-state index < -0.39 is 85.4 Å². The van der Waals surface area contributed by atoms with Gasteiger partial charge >= 0.3 is 12.2 Å². The fraction of sp³-hybridized carbons (Fsp3) is 0.388. The molecule has 3 aliphatic heterocycles. The number of alkyl carbamates (subject to hydrolysis) is 2. The van der Waals surface area contributed by atoms with E-state index in [0.29, 0.717) is 28.5 Å². The number of alkyl halides is 3. The number of hydrogen-bond donors (Lipinski definition) is 4. The number of nitrogens with one attached hydrogen (secondary N) is 4. The van der Waals surface area contributed by atoms with Crippen molar-refractivity contribution in [1.29, 1.82) is 0 Å². The third-order valence-corrected chi connectivity index (χ3v) is 13.0. The van der Waals surface area contributed by atoms with Gasteiger partial charge < -0.3 is 49.2 Å². The molecule has 16 nitrogen and oxygen atoms in total. The van der Waals surface area contributed by atoms with E-state index in [2.05, 4.69) is 41.2 Å². The van der Waals surface area contributed by atoms with Crippen molar-refractivity contribution in [1.82, 2.24) is 44.9 Å². The number of fused-ring (bicyclic) bond motifs is 5. The molecule has 356 valence electrons. The van der Waals surface area contributed by atoms with Crippen LogP contribution in [0.5, 0.6) is 5.75 Å². The van der Waals surface area contributed by atoms with Gasteiger partial charge in [0.25, 0.3) is 5.92 Å². The molecule has 6 atom stereocenters. The van der Waals surface area contributed by atoms with E-state index in [1.165, 1.54) is 12.0 Å². The van der Waals surface area contributed by atoms with Gasteiger partial charge in [0.1, 0.15) is 35.7 Å².